The summed E-state index contributed by atoms with van der Waals surface area (Å²) in [6.45, 7) is 3.35. The molecule has 0 spiro atoms. The zero-order valence-corrected chi connectivity index (χ0v) is 12.8. The first-order chi connectivity index (χ1) is 9.54. The van der Waals surface area contributed by atoms with Crippen LogP contribution in [-0.4, -0.2) is 24.0 Å². The van der Waals surface area contributed by atoms with Crippen LogP contribution in [0.1, 0.15) is 25.3 Å². The molecule has 1 aromatic carbocycles. The molecule has 0 aliphatic rings. The van der Waals surface area contributed by atoms with Gasteiger partial charge in [-0.05, 0) is 47.4 Å². The van der Waals surface area contributed by atoms with Crippen LogP contribution in [0, 0.1) is 10.1 Å². The van der Waals surface area contributed by atoms with Gasteiger partial charge >= 0.3 is 5.97 Å². The molecule has 0 aromatic heterocycles. The van der Waals surface area contributed by atoms with Gasteiger partial charge in [0, 0.05) is 19.0 Å². The first-order valence-electron chi connectivity index (χ1n) is 6.33. The van der Waals surface area contributed by atoms with E-state index < -0.39 is 4.92 Å². The summed E-state index contributed by atoms with van der Waals surface area (Å²) >= 11 is 3.14. The van der Waals surface area contributed by atoms with Gasteiger partial charge in [0.2, 0.25) is 0 Å². The molecule has 0 radical (unpaired) electrons. The van der Waals surface area contributed by atoms with E-state index in [0.717, 1.165) is 5.56 Å². The van der Waals surface area contributed by atoms with Crippen LogP contribution in [0.15, 0.2) is 22.7 Å². The highest BCUT2D eigenvalue weighted by molar-refractivity contribution is 9.10. The molecule has 0 aliphatic carbocycles. The molecule has 0 unspecified atom stereocenters. The van der Waals surface area contributed by atoms with E-state index >= 15 is 0 Å². The lowest BCUT2D eigenvalue weighted by Crippen LogP contribution is -2.16. The summed E-state index contributed by atoms with van der Waals surface area (Å²) in [5, 5.41) is 13.9. The number of rotatable bonds is 8. The van der Waals surface area contributed by atoms with Gasteiger partial charge in [-0.3, -0.25) is 14.9 Å². The van der Waals surface area contributed by atoms with Crippen LogP contribution < -0.4 is 5.32 Å². The largest absolute Gasteiger partial charge is 0.466 e. The Labute approximate surface area is 125 Å². The third-order valence-electron chi connectivity index (χ3n) is 2.58. The minimum atomic E-state index is -0.422. The summed E-state index contributed by atoms with van der Waals surface area (Å²) in [6.07, 6.45) is 1.05. The lowest BCUT2D eigenvalue weighted by atomic mass is 10.2. The standard InChI is InChI=1S/C13H17BrN2O4/c1-2-20-13(17)4-3-7-15-9-10-5-6-11(14)12(8-10)16(18)19/h5-6,8,15H,2-4,7,9H2,1H3. The minimum absolute atomic E-state index is 0.0517. The molecule has 0 saturated heterocycles. The van der Waals surface area contributed by atoms with E-state index in [2.05, 4.69) is 21.2 Å². The van der Waals surface area contributed by atoms with Crippen LogP contribution in [0.25, 0.3) is 0 Å². The summed E-state index contributed by atoms with van der Waals surface area (Å²) < 4.78 is 5.28. The molecule has 0 aliphatic heterocycles. The molecule has 0 heterocycles. The van der Waals surface area contributed by atoms with Gasteiger partial charge in [0.1, 0.15) is 0 Å². The number of carbonyl (C=O) groups is 1. The number of nitrogens with one attached hydrogen (secondary N) is 1. The van der Waals surface area contributed by atoms with Crippen molar-refractivity contribution in [2.75, 3.05) is 13.2 Å². The monoisotopic (exact) mass is 344 g/mol. The fourth-order valence-electron chi connectivity index (χ4n) is 1.63. The van der Waals surface area contributed by atoms with Gasteiger partial charge in [-0.25, -0.2) is 0 Å². The number of ether oxygens (including phenoxy) is 1. The third kappa shape index (κ3) is 5.66. The zero-order valence-electron chi connectivity index (χ0n) is 11.2. The van der Waals surface area contributed by atoms with Crippen molar-refractivity contribution in [3.63, 3.8) is 0 Å². The van der Waals surface area contributed by atoms with Crippen LogP contribution in [0.3, 0.4) is 0 Å². The number of nitro benzene ring substituents is 1. The molecule has 1 N–H and O–H groups in total. The van der Waals surface area contributed by atoms with E-state index in [1.54, 1.807) is 13.0 Å². The summed E-state index contributed by atoms with van der Waals surface area (Å²) in [4.78, 5) is 21.5. The summed E-state index contributed by atoms with van der Waals surface area (Å²) in [7, 11) is 0. The van der Waals surface area contributed by atoms with Crippen molar-refractivity contribution in [2.45, 2.75) is 26.3 Å². The van der Waals surface area contributed by atoms with E-state index in [-0.39, 0.29) is 11.7 Å². The maximum absolute atomic E-state index is 11.1. The number of nitrogens with zero attached hydrogens (tertiary/aromatic N) is 1. The number of esters is 1. The Balaban J connectivity index is 2.34. The lowest BCUT2D eigenvalue weighted by molar-refractivity contribution is -0.385. The second-order valence-electron chi connectivity index (χ2n) is 4.13. The maximum atomic E-state index is 11.1. The van der Waals surface area contributed by atoms with Gasteiger partial charge < -0.3 is 10.1 Å². The quantitative estimate of drug-likeness (QED) is 0.339. The molecule has 20 heavy (non-hydrogen) atoms. The second-order valence-corrected chi connectivity index (χ2v) is 4.98. The molecule has 7 heteroatoms. The van der Waals surface area contributed by atoms with Crippen LogP contribution in [-0.2, 0) is 16.1 Å². The number of halogens is 1. The number of carbonyl (C=O) groups excluding carboxylic acids is 1. The average Bonchev–Trinajstić information content (AvgIpc) is 2.40. The molecular weight excluding hydrogens is 328 g/mol. The van der Waals surface area contributed by atoms with Crippen LogP contribution >= 0.6 is 15.9 Å². The van der Waals surface area contributed by atoms with Gasteiger partial charge in [-0.2, -0.15) is 0 Å². The van der Waals surface area contributed by atoms with Crippen molar-refractivity contribution in [1.29, 1.82) is 0 Å². The summed E-state index contributed by atoms with van der Waals surface area (Å²) in [5.41, 5.74) is 0.881. The Hall–Kier alpha value is -1.47. The molecule has 0 amide bonds. The highest BCUT2D eigenvalue weighted by Gasteiger charge is 2.11. The van der Waals surface area contributed by atoms with E-state index in [1.165, 1.54) is 6.07 Å². The topological polar surface area (TPSA) is 81.5 Å². The first kappa shape index (κ1) is 16.6. The van der Waals surface area contributed by atoms with Crippen molar-refractivity contribution in [3.05, 3.63) is 38.3 Å². The Kier molecular flexibility index (Phi) is 7.17. The molecule has 6 nitrogen and oxygen atoms in total. The molecule has 0 saturated carbocycles. The predicted octanol–water partition coefficient (Wildman–Crippen LogP) is 2.79. The maximum Gasteiger partial charge on any atom is 0.305 e. The molecule has 0 bridgehead atoms. The van der Waals surface area contributed by atoms with Crippen molar-refractivity contribution in [3.8, 4) is 0 Å². The number of hydrogen-bond donors (Lipinski definition) is 1. The van der Waals surface area contributed by atoms with Crippen molar-refractivity contribution >= 4 is 27.6 Å². The summed E-state index contributed by atoms with van der Waals surface area (Å²) in [6, 6.07) is 5.01. The third-order valence-corrected chi connectivity index (χ3v) is 3.25. The Morgan fingerprint density at radius 2 is 2.25 bits per heavy atom. The van der Waals surface area contributed by atoms with Crippen molar-refractivity contribution < 1.29 is 14.5 Å². The molecular formula is C13H17BrN2O4. The average molecular weight is 345 g/mol. The van der Waals surface area contributed by atoms with E-state index in [4.69, 9.17) is 4.74 Å². The van der Waals surface area contributed by atoms with Gasteiger partial charge in [0.05, 0.1) is 16.0 Å². The van der Waals surface area contributed by atoms with Crippen LogP contribution in [0.2, 0.25) is 0 Å². The van der Waals surface area contributed by atoms with E-state index in [9.17, 15) is 14.9 Å². The Morgan fingerprint density at radius 1 is 1.50 bits per heavy atom. The first-order valence-corrected chi connectivity index (χ1v) is 7.13. The second kappa shape index (κ2) is 8.65. The minimum Gasteiger partial charge on any atom is -0.466 e. The Morgan fingerprint density at radius 3 is 2.90 bits per heavy atom. The van der Waals surface area contributed by atoms with Gasteiger partial charge in [0.25, 0.3) is 5.69 Å². The fraction of sp³-hybridized carbons (Fsp3) is 0.462. The highest BCUT2D eigenvalue weighted by Crippen LogP contribution is 2.25. The predicted molar refractivity (Wildman–Crippen MR) is 78.4 cm³/mol. The highest BCUT2D eigenvalue weighted by atomic mass is 79.9. The Bertz CT molecular complexity index is 479. The molecule has 0 atom stereocenters. The fourth-order valence-corrected chi connectivity index (χ4v) is 2.02. The number of benzene rings is 1. The molecule has 110 valence electrons. The molecule has 1 aromatic rings. The number of hydrogen-bond acceptors (Lipinski definition) is 5. The van der Waals surface area contributed by atoms with Gasteiger partial charge in [-0.1, -0.05) is 6.07 Å². The van der Waals surface area contributed by atoms with Crippen molar-refractivity contribution in [2.24, 2.45) is 0 Å². The SMILES string of the molecule is CCOC(=O)CCCNCc1ccc(Br)c([N+](=O)[O-])c1. The summed E-state index contributed by atoms with van der Waals surface area (Å²) in [5.74, 6) is -0.200. The normalized spacial score (nSPS) is 10.3. The van der Waals surface area contributed by atoms with Crippen LogP contribution in [0.4, 0.5) is 5.69 Å². The van der Waals surface area contributed by atoms with Crippen molar-refractivity contribution in [1.82, 2.24) is 5.32 Å². The smallest absolute Gasteiger partial charge is 0.305 e. The molecule has 0 fully saturated rings. The van der Waals surface area contributed by atoms with E-state index in [0.29, 0.717) is 37.0 Å². The zero-order chi connectivity index (χ0) is 15.0. The van der Waals surface area contributed by atoms with Crippen LogP contribution in [0.5, 0.6) is 0 Å². The van der Waals surface area contributed by atoms with E-state index in [1.807, 2.05) is 6.07 Å². The van der Waals surface area contributed by atoms with Gasteiger partial charge in [0.15, 0.2) is 0 Å². The lowest BCUT2D eigenvalue weighted by Gasteiger charge is -2.05. The number of nitro groups is 1. The van der Waals surface area contributed by atoms with Gasteiger partial charge in [-0.15, -0.1) is 0 Å². The molecule has 1 rings (SSSR count).